The molecule has 31 heavy (non-hydrogen) atoms. The van der Waals surface area contributed by atoms with E-state index in [1.54, 1.807) is 48.8 Å². The molecule has 2 amide bonds. The molecule has 1 aromatic carbocycles. The van der Waals surface area contributed by atoms with Crippen LogP contribution in [0.25, 0.3) is 11.6 Å². The summed E-state index contributed by atoms with van der Waals surface area (Å²) in [5.41, 5.74) is 9.52. The SMILES string of the molecule is CNC(=O)C(Cc1ccc(NC(=O)/C=C/c2cnccc2/C(C=N)=C/N)cc1)SC=O. The maximum absolute atomic E-state index is 12.3. The summed E-state index contributed by atoms with van der Waals surface area (Å²) in [7, 11) is 1.53. The predicted molar refractivity (Wildman–Crippen MR) is 125 cm³/mol. The Bertz CT molecular complexity index is 1000. The molecule has 0 aliphatic rings. The van der Waals surface area contributed by atoms with E-state index >= 15 is 0 Å². The second-order valence-corrected chi connectivity index (χ2v) is 7.32. The molecule has 0 aliphatic heterocycles. The van der Waals surface area contributed by atoms with Gasteiger partial charge in [-0.15, -0.1) is 0 Å². The number of hydrogen-bond acceptors (Lipinski definition) is 7. The molecule has 0 radical (unpaired) electrons. The lowest BCUT2D eigenvalue weighted by atomic mass is 10.0. The summed E-state index contributed by atoms with van der Waals surface area (Å²) < 4.78 is 0. The molecule has 5 N–H and O–H groups in total. The Hall–Kier alpha value is -3.72. The summed E-state index contributed by atoms with van der Waals surface area (Å²) in [4.78, 5) is 38.9. The summed E-state index contributed by atoms with van der Waals surface area (Å²) in [6.07, 6.45) is 8.99. The highest BCUT2D eigenvalue weighted by Gasteiger charge is 2.18. The van der Waals surface area contributed by atoms with Crippen LogP contribution in [0.15, 0.2) is 55.0 Å². The van der Waals surface area contributed by atoms with Crippen LogP contribution < -0.4 is 16.4 Å². The van der Waals surface area contributed by atoms with Crippen LogP contribution in [0.2, 0.25) is 0 Å². The quantitative estimate of drug-likeness (QED) is 0.256. The fourth-order valence-corrected chi connectivity index (χ4v) is 3.40. The molecule has 160 valence electrons. The number of pyridine rings is 1. The third-order valence-corrected chi connectivity index (χ3v) is 5.13. The maximum Gasteiger partial charge on any atom is 0.248 e. The molecular weight excluding hydrogens is 414 g/mol. The Balaban J connectivity index is 2.04. The van der Waals surface area contributed by atoms with Crippen LogP contribution in [0.1, 0.15) is 16.7 Å². The van der Waals surface area contributed by atoms with Gasteiger partial charge in [0, 0.05) is 54.8 Å². The Morgan fingerprint density at radius 3 is 2.61 bits per heavy atom. The zero-order valence-corrected chi connectivity index (χ0v) is 17.7. The van der Waals surface area contributed by atoms with Gasteiger partial charge < -0.3 is 21.8 Å². The number of carbonyl (C=O) groups excluding carboxylic acids is 3. The van der Waals surface area contributed by atoms with Crippen molar-refractivity contribution in [2.45, 2.75) is 11.7 Å². The lowest BCUT2D eigenvalue weighted by molar-refractivity contribution is -0.120. The molecule has 2 aromatic rings. The molecule has 0 bridgehead atoms. The number of aromatic nitrogens is 1. The molecule has 0 saturated carbocycles. The Labute approximate surface area is 184 Å². The number of anilines is 1. The van der Waals surface area contributed by atoms with Crippen LogP contribution >= 0.6 is 11.8 Å². The molecule has 0 fully saturated rings. The molecule has 1 heterocycles. The summed E-state index contributed by atoms with van der Waals surface area (Å²) in [5.74, 6) is -0.555. The van der Waals surface area contributed by atoms with Gasteiger partial charge in [-0.1, -0.05) is 23.9 Å². The number of nitrogens with zero attached hydrogens (tertiary/aromatic N) is 1. The minimum absolute atomic E-state index is 0.218. The van der Waals surface area contributed by atoms with Gasteiger partial charge in [-0.3, -0.25) is 19.4 Å². The molecule has 1 aromatic heterocycles. The lowest BCUT2D eigenvalue weighted by Gasteiger charge is -2.12. The van der Waals surface area contributed by atoms with E-state index in [4.69, 9.17) is 11.1 Å². The first kappa shape index (κ1) is 23.6. The van der Waals surface area contributed by atoms with E-state index in [9.17, 15) is 14.4 Å². The van der Waals surface area contributed by atoms with Crippen molar-refractivity contribution in [3.05, 3.63) is 71.7 Å². The highest BCUT2D eigenvalue weighted by Crippen LogP contribution is 2.19. The van der Waals surface area contributed by atoms with Crippen molar-refractivity contribution in [2.24, 2.45) is 5.73 Å². The van der Waals surface area contributed by atoms with Crippen molar-refractivity contribution in [3.63, 3.8) is 0 Å². The van der Waals surface area contributed by atoms with E-state index in [0.717, 1.165) is 23.5 Å². The number of hydrogen-bond donors (Lipinski definition) is 4. The smallest absolute Gasteiger partial charge is 0.248 e. The first-order chi connectivity index (χ1) is 15.0. The van der Waals surface area contributed by atoms with E-state index in [-0.39, 0.29) is 11.8 Å². The molecule has 2 rings (SSSR count). The van der Waals surface area contributed by atoms with Gasteiger partial charge in [0.25, 0.3) is 0 Å². The third-order valence-electron chi connectivity index (χ3n) is 4.31. The number of benzene rings is 1. The number of rotatable bonds is 10. The summed E-state index contributed by atoms with van der Waals surface area (Å²) >= 11 is 0.927. The Kier molecular flexibility index (Phi) is 9.18. The van der Waals surface area contributed by atoms with Crippen molar-refractivity contribution in [3.8, 4) is 0 Å². The Morgan fingerprint density at radius 2 is 2.00 bits per heavy atom. The number of nitrogens with two attached hydrogens (primary N) is 1. The minimum Gasteiger partial charge on any atom is -0.404 e. The zero-order chi connectivity index (χ0) is 22.6. The molecule has 9 heteroatoms. The Morgan fingerprint density at radius 1 is 1.26 bits per heavy atom. The van der Waals surface area contributed by atoms with E-state index in [1.165, 1.54) is 19.3 Å². The van der Waals surface area contributed by atoms with Crippen LogP contribution in [0.5, 0.6) is 0 Å². The maximum atomic E-state index is 12.3. The van der Waals surface area contributed by atoms with E-state index in [1.807, 2.05) is 0 Å². The number of nitrogens with one attached hydrogen (secondary N) is 3. The second kappa shape index (κ2) is 12.1. The standard InChI is InChI=1S/C22H23N5O3S/c1-25-22(30)20(31-14-28)10-15-2-5-18(6-3-15)27-21(29)7-4-16-13-26-9-8-19(16)17(11-23)12-24/h2-9,11-14,20,23H,10,24H2,1H3,(H,25,30)(H,27,29)/b7-4+,17-12+,23-11?. The van der Waals surface area contributed by atoms with E-state index in [0.29, 0.717) is 34.4 Å². The molecule has 8 nitrogen and oxygen atoms in total. The normalized spacial score (nSPS) is 12.2. The molecule has 0 saturated heterocycles. The van der Waals surface area contributed by atoms with Gasteiger partial charge in [0.05, 0.1) is 5.25 Å². The number of amides is 2. The number of thioether (sulfide) groups is 1. The summed E-state index contributed by atoms with van der Waals surface area (Å²) in [6.45, 7) is 0. The largest absolute Gasteiger partial charge is 0.404 e. The summed E-state index contributed by atoms with van der Waals surface area (Å²) in [6, 6.07) is 8.76. The van der Waals surface area contributed by atoms with Crippen LogP contribution in [0.4, 0.5) is 5.69 Å². The van der Waals surface area contributed by atoms with Gasteiger partial charge in [-0.25, -0.2) is 0 Å². The zero-order valence-electron chi connectivity index (χ0n) is 16.9. The fourth-order valence-electron chi connectivity index (χ4n) is 2.74. The van der Waals surface area contributed by atoms with Gasteiger partial charge >= 0.3 is 0 Å². The molecular formula is C22H23N5O3S. The highest BCUT2D eigenvalue weighted by atomic mass is 32.2. The van der Waals surface area contributed by atoms with Crippen LogP contribution in [0.3, 0.4) is 0 Å². The van der Waals surface area contributed by atoms with Crippen LogP contribution in [0, 0.1) is 5.41 Å². The monoisotopic (exact) mass is 437 g/mol. The van der Waals surface area contributed by atoms with E-state index in [2.05, 4.69) is 15.6 Å². The average Bonchev–Trinajstić information content (AvgIpc) is 2.79. The first-order valence-corrected chi connectivity index (χ1v) is 10.2. The van der Waals surface area contributed by atoms with E-state index < -0.39 is 5.25 Å². The van der Waals surface area contributed by atoms with Gasteiger partial charge in [-0.2, -0.15) is 0 Å². The van der Waals surface area contributed by atoms with Crippen molar-refractivity contribution in [1.82, 2.24) is 10.3 Å². The molecule has 1 atom stereocenters. The highest BCUT2D eigenvalue weighted by molar-refractivity contribution is 8.13. The van der Waals surface area contributed by atoms with Crippen molar-refractivity contribution in [2.75, 3.05) is 12.4 Å². The van der Waals surface area contributed by atoms with Crippen LogP contribution in [-0.2, 0) is 20.8 Å². The molecule has 0 spiro atoms. The van der Waals surface area contributed by atoms with Gasteiger partial charge in [-0.05, 0) is 41.8 Å². The number of carbonyl (C=O) groups is 3. The summed E-state index contributed by atoms with van der Waals surface area (Å²) in [5, 5.41) is 12.2. The number of allylic oxidation sites excluding steroid dienone is 1. The fraction of sp³-hybridized carbons (Fsp3) is 0.136. The molecule has 1 unspecified atom stereocenters. The third kappa shape index (κ3) is 6.93. The van der Waals surface area contributed by atoms with Gasteiger partial charge in [0.15, 0.2) is 5.62 Å². The lowest BCUT2D eigenvalue weighted by Crippen LogP contribution is -2.31. The van der Waals surface area contributed by atoms with Gasteiger partial charge in [0.2, 0.25) is 11.8 Å². The van der Waals surface area contributed by atoms with Gasteiger partial charge in [0.1, 0.15) is 0 Å². The molecule has 0 aliphatic carbocycles. The van der Waals surface area contributed by atoms with Crippen molar-refractivity contribution < 1.29 is 14.4 Å². The van der Waals surface area contributed by atoms with Crippen molar-refractivity contribution >= 4 is 52.7 Å². The topological polar surface area (TPSA) is 138 Å². The van der Waals surface area contributed by atoms with Crippen LogP contribution in [-0.4, -0.2) is 40.9 Å². The predicted octanol–water partition coefficient (Wildman–Crippen LogP) is 2.26. The second-order valence-electron chi connectivity index (χ2n) is 6.29. The van der Waals surface area contributed by atoms with Crippen molar-refractivity contribution in [1.29, 1.82) is 5.41 Å². The average molecular weight is 438 g/mol. The minimum atomic E-state index is -0.507. The first-order valence-electron chi connectivity index (χ1n) is 9.27.